The van der Waals surface area contributed by atoms with Gasteiger partial charge in [0.05, 0.1) is 20.8 Å². The highest BCUT2D eigenvalue weighted by atomic mass is 32.1. The zero-order valence-corrected chi connectivity index (χ0v) is 16.9. The third-order valence-electron chi connectivity index (χ3n) is 4.93. The van der Waals surface area contributed by atoms with Gasteiger partial charge in [0.2, 0.25) is 11.7 Å². The van der Waals surface area contributed by atoms with Crippen molar-refractivity contribution >= 4 is 11.3 Å². The second kappa shape index (κ2) is 8.72. The Balaban J connectivity index is 1.29. The minimum Gasteiger partial charge on any atom is -0.493 e. The molecule has 1 aliphatic heterocycles. The largest absolute Gasteiger partial charge is 0.493 e. The summed E-state index contributed by atoms with van der Waals surface area (Å²) in [5.74, 6) is 2.88. The molecule has 2 aromatic heterocycles. The molecule has 0 radical (unpaired) electrons. The predicted octanol–water partition coefficient (Wildman–Crippen LogP) is 3.13. The van der Waals surface area contributed by atoms with Gasteiger partial charge in [-0.15, -0.1) is 0 Å². The first-order valence-electron chi connectivity index (χ1n) is 9.26. The fourth-order valence-electron chi connectivity index (χ4n) is 3.36. The van der Waals surface area contributed by atoms with Crippen molar-refractivity contribution in [2.24, 2.45) is 0 Å². The average Bonchev–Trinajstić information content (AvgIpc) is 3.41. The molecule has 0 unspecified atom stereocenters. The first kappa shape index (κ1) is 18.9. The van der Waals surface area contributed by atoms with Crippen molar-refractivity contribution in [1.29, 1.82) is 0 Å². The van der Waals surface area contributed by atoms with Crippen molar-refractivity contribution in [3.8, 4) is 22.9 Å². The molecular formula is C20H24N4O3S. The van der Waals surface area contributed by atoms with Crippen molar-refractivity contribution in [3.63, 3.8) is 0 Å². The van der Waals surface area contributed by atoms with Crippen LogP contribution in [0.4, 0.5) is 0 Å². The van der Waals surface area contributed by atoms with Crippen LogP contribution in [0, 0.1) is 0 Å². The van der Waals surface area contributed by atoms with Crippen molar-refractivity contribution < 1.29 is 14.0 Å². The summed E-state index contributed by atoms with van der Waals surface area (Å²) in [5, 5.41) is 8.13. The lowest BCUT2D eigenvalue weighted by molar-refractivity contribution is 0.112. The van der Waals surface area contributed by atoms with E-state index in [1.54, 1.807) is 25.6 Å². The molecule has 1 aromatic carbocycles. The number of nitrogens with zero attached hydrogens (tertiary/aromatic N) is 4. The van der Waals surface area contributed by atoms with E-state index in [4.69, 9.17) is 14.0 Å². The highest BCUT2D eigenvalue weighted by Gasteiger charge is 2.20. The van der Waals surface area contributed by atoms with Gasteiger partial charge in [0.25, 0.3) is 0 Å². The molecule has 3 aromatic rings. The maximum atomic E-state index is 5.42. The van der Waals surface area contributed by atoms with Crippen LogP contribution in [0.5, 0.6) is 11.5 Å². The number of rotatable bonds is 7. The quantitative estimate of drug-likeness (QED) is 0.604. The van der Waals surface area contributed by atoms with E-state index >= 15 is 0 Å². The lowest BCUT2D eigenvalue weighted by Crippen LogP contribution is -2.45. The predicted molar refractivity (Wildman–Crippen MR) is 108 cm³/mol. The Morgan fingerprint density at radius 2 is 1.75 bits per heavy atom. The summed E-state index contributed by atoms with van der Waals surface area (Å²) in [6.07, 6.45) is 0. The van der Waals surface area contributed by atoms with Gasteiger partial charge in [-0.3, -0.25) is 9.80 Å². The minimum absolute atomic E-state index is 0.670. The number of hydrogen-bond donors (Lipinski definition) is 0. The van der Waals surface area contributed by atoms with Gasteiger partial charge < -0.3 is 14.0 Å². The summed E-state index contributed by atoms with van der Waals surface area (Å²) >= 11 is 1.63. The summed E-state index contributed by atoms with van der Waals surface area (Å²) in [7, 11) is 3.32. The van der Waals surface area contributed by atoms with Crippen molar-refractivity contribution in [1.82, 2.24) is 19.9 Å². The van der Waals surface area contributed by atoms with Crippen molar-refractivity contribution in [3.05, 3.63) is 46.5 Å². The fraction of sp³-hybridized carbons (Fsp3) is 0.400. The smallest absolute Gasteiger partial charge is 0.241 e. The number of hydrogen-bond acceptors (Lipinski definition) is 8. The molecule has 28 heavy (non-hydrogen) atoms. The maximum Gasteiger partial charge on any atom is 0.241 e. The van der Waals surface area contributed by atoms with Crippen molar-refractivity contribution in [2.75, 3.05) is 40.4 Å². The van der Waals surface area contributed by atoms with Crippen LogP contribution in [-0.2, 0) is 13.1 Å². The average molecular weight is 401 g/mol. The van der Waals surface area contributed by atoms with E-state index in [9.17, 15) is 0 Å². The molecular weight excluding hydrogens is 376 g/mol. The van der Waals surface area contributed by atoms with Gasteiger partial charge in [0.15, 0.2) is 11.5 Å². The van der Waals surface area contributed by atoms with E-state index in [1.807, 2.05) is 22.9 Å². The normalized spacial score (nSPS) is 15.6. The topological polar surface area (TPSA) is 63.9 Å². The van der Waals surface area contributed by atoms with Gasteiger partial charge in [-0.25, -0.2) is 0 Å². The summed E-state index contributed by atoms with van der Waals surface area (Å²) in [6.45, 7) is 5.55. The second-order valence-corrected chi connectivity index (χ2v) is 7.55. The first-order chi connectivity index (χ1) is 13.7. The van der Waals surface area contributed by atoms with Crippen LogP contribution in [-0.4, -0.2) is 60.3 Å². The molecule has 3 heterocycles. The van der Waals surface area contributed by atoms with Crippen LogP contribution in [0.15, 0.2) is 39.5 Å². The summed E-state index contributed by atoms with van der Waals surface area (Å²) < 4.78 is 16.1. The van der Waals surface area contributed by atoms with E-state index in [0.717, 1.165) is 49.8 Å². The number of methoxy groups -OCH3 is 2. The van der Waals surface area contributed by atoms with Crippen LogP contribution in [0.2, 0.25) is 0 Å². The van der Waals surface area contributed by atoms with Gasteiger partial charge >= 0.3 is 0 Å². The number of ether oxygens (including phenoxy) is 2. The van der Waals surface area contributed by atoms with Crippen LogP contribution >= 0.6 is 11.3 Å². The molecule has 0 aliphatic carbocycles. The molecule has 8 heteroatoms. The highest BCUT2D eigenvalue weighted by molar-refractivity contribution is 7.08. The van der Waals surface area contributed by atoms with E-state index in [-0.39, 0.29) is 0 Å². The molecule has 0 atom stereocenters. The number of thiophene rings is 1. The number of aromatic nitrogens is 2. The van der Waals surface area contributed by atoms with Crippen LogP contribution in [0.3, 0.4) is 0 Å². The Hall–Kier alpha value is -2.42. The Kier molecular flexibility index (Phi) is 5.90. The lowest BCUT2D eigenvalue weighted by atomic mass is 10.1. The molecule has 0 bridgehead atoms. The van der Waals surface area contributed by atoms with Gasteiger partial charge in [0, 0.05) is 43.7 Å². The second-order valence-electron chi connectivity index (χ2n) is 6.77. The molecule has 0 amide bonds. The Morgan fingerprint density at radius 1 is 1.00 bits per heavy atom. The number of piperazine rings is 1. The van der Waals surface area contributed by atoms with Gasteiger partial charge in [-0.05, 0) is 29.1 Å². The van der Waals surface area contributed by atoms with Crippen molar-refractivity contribution in [2.45, 2.75) is 13.1 Å². The molecule has 1 saturated heterocycles. The number of benzene rings is 1. The SMILES string of the molecule is COc1ccc(CN2CCN(Cc3nc(-c4ccsc4)no3)CC2)cc1OC. The monoisotopic (exact) mass is 400 g/mol. The lowest BCUT2D eigenvalue weighted by Gasteiger charge is -2.34. The minimum atomic E-state index is 0.670. The van der Waals surface area contributed by atoms with E-state index < -0.39 is 0 Å². The fourth-order valence-corrected chi connectivity index (χ4v) is 4.00. The molecule has 0 saturated carbocycles. The van der Waals surface area contributed by atoms with Gasteiger partial charge in [0.1, 0.15) is 0 Å². The molecule has 1 fully saturated rings. The van der Waals surface area contributed by atoms with E-state index in [1.165, 1.54) is 5.56 Å². The zero-order valence-electron chi connectivity index (χ0n) is 16.1. The zero-order chi connectivity index (χ0) is 19.3. The van der Waals surface area contributed by atoms with E-state index in [2.05, 4.69) is 32.1 Å². The maximum absolute atomic E-state index is 5.42. The Labute approximate surface area is 168 Å². The van der Waals surface area contributed by atoms with Crippen LogP contribution < -0.4 is 9.47 Å². The third-order valence-corrected chi connectivity index (χ3v) is 5.61. The van der Waals surface area contributed by atoms with E-state index in [0.29, 0.717) is 18.3 Å². The Morgan fingerprint density at radius 3 is 2.43 bits per heavy atom. The summed E-state index contributed by atoms with van der Waals surface area (Å²) in [4.78, 5) is 9.32. The highest BCUT2D eigenvalue weighted by Crippen LogP contribution is 2.28. The molecule has 148 valence electrons. The summed E-state index contributed by atoms with van der Waals surface area (Å²) in [6, 6.07) is 8.12. The molecule has 7 nitrogen and oxygen atoms in total. The van der Waals surface area contributed by atoms with Crippen LogP contribution in [0.1, 0.15) is 11.5 Å². The molecule has 1 aliphatic rings. The molecule has 4 rings (SSSR count). The Bertz CT molecular complexity index is 889. The first-order valence-corrected chi connectivity index (χ1v) is 10.2. The summed E-state index contributed by atoms with van der Waals surface area (Å²) in [5.41, 5.74) is 2.24. The van der Waals surface area contributed by atoms with Gasteiger partial charge in [-0.1, -0.05) is 11.2 Å². The third kappa shape index (κ3) is 4.35. The molecule has 0 N–H and O–H groups in total. The van der Waals surface area contributed by atoms with Crippen LogP contribution in [0.25, 0.3) is 11.4 Å². The molecule has 0 spiro atoms. The van der Waals surface area contributed by atoms with Gasteiger partial charge in [-0.2, -0.15) is 16.3 Å². The standard InChI is InChI=1S/C20H24N4O3S/c1-25-17-4-3-15(11-18(17)26-2)12-23-6-8-24(9-7-23)13-19-21-20(22-27-19)16-5-10-28-14-16/h3-5,10-11,14H,6-9,12-13H2,1-2H3.